The number of ether oxygens (including phenoxy) is 1. The summed E-state index contributed by atoms with van der Waals surface area (Å²) in [6.45, 7) is 6.24. The van der Waals surface area contributed by atoms with E-state index in [0.29, 0.717) is 5.57 Å². The molecule has 0 fully saturated rings. The van der Waals surface area contributed by atoms with Crippen LogP contribution in [0, 0.1) is 0 Å². The fourth-order valence-electron chi connectivity index (χ4n) is 1.39. The van der Waals surface area contributed by atoms with Crippen LogP contribution in [0.15, 0.2) is 16.9 Å². The van der Waals surface area contributed by atoms with Gasteiger partial charge in [0.15, 0.2) is 0 Å². The zero-order valence-electron chi connectivity index (χ0n) is 10.4. The number of methoxy groups -OCH3 is 1. The quantitative estimate of drug-likeness (QED) is 0.380. The van der Waals surface area contributed by atoms with Crippen molar-refractivity contribution in [2.75, 3.05) is 7.11 Å². The zero-order chi connectivity index (χ0) is 11.7. The third kappa shape index (κ3) is 6.14. The van der Waals surface area contributed by atoms with Crippen molar-refractivity contribution in [1.29, 1.82) is 0 Å². The number of carbonyl (C=O) groups excluding carboxylic acids is 1. The Labute approximate surface area is 93.0 Å². The summed E-state index contributed by atoms with van der Waals surface area (Å²) in [7, 11) is 1.42. The van der Waals surface area contributed by atoms with Gasteiger partial charge in [-0.15, -0.1) is 5.73 Å². The number of hydrogen-bond acceptors (Lipinski definition) is 2. The molecule has 0 aromatic heterocycles. The Morgan fingerprint density at radius 3 is 2.33 bits per heavy atom. The van der Waals surface area contributed by atoms with Crippen LogP contribution in [0.4, 0.5) is 0 Å². The summed E-state index contributed by atoms with van der Waals surface area (Å²) >= 11 is 0. The predicted molar refractivity (Wildman–Crippen MR) is 62.7 cm³/mol. The number of esters is 1. The van der Waals surface area contributed by atoms with Gasteiger partial charge in [0.1, 0.15) is 0 Å². The largest absolute Gasteiger partial charge is 0.465 e. The van der Waals surface area contributed by atoms with Gasteiger partial charge >= 0.3 is 5.97 Å². The third-order valence-electron chi connectivity index (χ3n) is 2.20. The van der Waals surface area contributed by atoms with Gasteiger partial charge in [-0.3, -0.25) is 0 Å². The number of rotatable bonds is 6. The van der Waals surface area contributed by atoms with Gasteiger partial charge in [-0.05, 0) is 31.8 Å². The lowest BCUT2D eigenvalue weighted by Crippen LogP contribution is -2.04. The van der Waals surface area contributed by atoms with E-state index in [9.17, 15) is 4.79 Å². The van der Waals surface area contributed by atoms with E-state index < -0.39 is 0 Å². The highest BCUT2D eigenvalue weighted by atomic mass is 16.5. The molecule has 0 aliphatic carbocycles. The second-order valence-electron chi connectivity index (χ2n) is 3.73. The fourth-order valence-corrected chi connectivity index (χ4v) is 1.39. The molecule has 0 N–H and O–H groups in total. The lowest BCUT2D eigenvalue weighted by Gasteiger charge is -2.02. The second kappa shape index (κ2) is 8.31. The van der Waals surface area contributed by atoms with Crippen LogP contribution in [0.1, 0.15) is 52.9 Å². The molecule has 0 saturated carbocycles. The first-order valence-electron chi connectivity index (χ1n) is 5.69. The van der Waals surface area contributed by atoms with E-state index in [-0.39, 0.29) is 5.97 Å². The standard InChI is InChI=1S/C13H22O2/c1-5-7-9-12(13(14)15-4)10-11(3)8-6-2/h5-9H2,1-4H3. The van der Waals surface area contributed by atoms with Crippen molar-refractivity contribution in [3.05, 3.63) is 16.9 Å². The maximum Gasteiger partial charge on any atom is 0.341 e. The molecular formula is C13H22O2. The minimum atomic E-state index is -0.237. The van der Waals surface area contributed by atoms with Crippen molar-refractivity contribution in [2.45, 2.75) is 52.9 Å². The molecule has 2 nitrogen and oxygen atoms in total. The Bertz CT molecular complexity index is 258. The van der Waals surface area contributed by atoms with Crippen molar-refractivity contribution >= 4 is 5.97 Å². The molecule has 0 heterocycles. The van der Waals surface area contributed by atoms with Crippen LogP contribution in [-0.2, 0) is 9.53 Å². The molecule has 0 aromatic carbocycles. The van der Waals surface area contributed by atoms with Crippen LogP contribution in [0.25, 0.3) is 0 Å². The molecule has 15 heavy (non-hydrogen) atoms. The first kappa shape index (κ1) is 14.0. The molecule has 86 valence electrons. The molecular weight excluding hydrogens is 188 g/mol. The highest BCUT2D eigenvalue weighted by molar-refractivity contribution is 5.88. The average Bonchev–Trinajstić information content (AvgIpc) is 2.23. The summed E-state index contributed by atoms with van der Waals surface area (Å²) in [5.74, 6) is -0.237. The zero-order valence-corrected chi connectivity index (χ0v) is 10.4. The molecule has 0 rings (SSSR count). The molecule has 2 heteroatoms. The first-order chi connectivity index (χ1) is 7.15. The molecule has 0 aliphatic heterocycles. The Hall–Kier alpha value is -1.01. The van der Waals surface area contributed by atoms with Crippen LogP contribution in [0.5, 0.6) is 0 Å². The molecule has 0 atom stereocenters. The van der Waals surface area contributed by atoms with Gasteiger partial charge in [0.05, 0.1) is 12.7 Å². The van der Waals surface area contributed by atoms with E-state index in [0.717, 1.165) is 37.7 Å². The Kier molecular flexibility index (Phi) is 7.75. The smallest absolute Gasteiger partial charge is 0.341 e. The van der Waals surface area contributed by atoms with E-state index in [1.807, 2.05) is 6.92 Å². The topological polar surface area (TPSA) is 26.3 Å². The summed E-state index contributed by atoms with van der Waals surface area (Å²) in [4.78, 5) is 11.4. The lowest BCUT2D eigenvalue weighted by molar-refractivity contribution is -0.136. The molecule has 0 radical (unpaired) electrons. The second-order valence-corrected chi connectivity index (χ2v) is 3.73. The Balaban J connectivity index is 4.74. The molecule has 0 aliphatic rings. The summed E-state index contributed by atoms with van der Waals surface area (Å²) in [6, 6.07) is 0. The molecule has 0 spiro atoms. The Morgan fingerprint density at radius 1 is 1.20 bits per heavy atom. The number of unbranched alkanes of at least 4 members (excludes halogenated alkanes) is 1. The molecule has 0 amide bonds. The predicted octanol–water partition coefficient (Wildman–Crippen LogP) is 3.62. The normalized spacial score (nSPS) is 9.33. The minimum absolute atomic E-state index is 0.237. The third-order valence-corrected chi connectivity index (χ3v) is 2.20. The van der Waals surface area contributed by atoms with Crippen LogP contribution < -0.4 is 0 Å². The van der Waals surface area contributed by atoms with E-state index in [1.54, 1.807) is 0 Å². The minimum Gasteiger partial charge on any atom is -0.465 e. The summed E-state index contributed by atoms with van der Waals surface area (Å²) < 4.78 is 4.74. The highest BCUT2D eigenvalue weighted by Gasteiger charge is 2.07. The van der Waals surface area contributed by atoms with Crippen LogP contribution in [0.2, 0.25) is 0 Å². The average molecular weight is 210 g/mol. The van der Waals surface area contributed by atoms with Crippen molar-refractivity contribution in [2.24, 2.45) is 0 Å². The summed E-state index contributed by atoms with van der Waals surface area (Å²) in [6.07, 6.45) is 4.93. The maximum atomic E-state index is 11.4. The summed E-state index contributed by atoms with van der Waals surface area (Å²) in [5.41, 5.74) is 4.98. The number of carbonyl (C=O) groups is 1. The van der Waals surface area contributed by atoms with E-state index in [4.69, 9.17) is 4.74 Å². The highest BCUT2D eigenvalue weighted by Crippen LogP contribution is 2.10. The fraction of sp³-hybridized carbons (Fsp3) is 0.692. The van der Waals surface area contributed by atoms with Gasteiger partial charge in [0.25, 0.3) is 0 Å². The maximum absolute atomic E-state index is 11.4. The van der Waals surface area contributed by atoms with E-state index in [1.165, 1.54) is 7.11 Å². The van der Waals surface area contributed by atoms with Crippen LogP contribution >= 0.6 is 0 Å². The van der Waals surface area contributed by atoms with Gasteiger partial charge in [-0.1, -0.05) is 26.7 Å². The van der Waals surface area contributed by atoms with E-state index in [2.05, 4.69) is 19.6 Å². The van der Waals surface area contributed by atoms with Gasteiger partial charge in [-0.2, -0.15) is 0 Å². The molecule has 0 unspecified atom stereocenters. The SMILES string of the molecule is CCCCC(=C=C(C)CCC)C(=O)OC. The van der Waals surface area contributed by atoms with Crippen LogP contribution in [-0.4, -0.2) is 13.1 Å². The van der Waals surface area contributed by atoms with Crippen molar-refractivity contribution in [3.8, 4) is 0 Å². The summed E-state index contributed by atoms with van der Waals surface area (Å²) in [5, 5.41) is 0. The van der Waals surface area contributed by atoms with E-state index >= 15 is 0 Å². The molecule has 0 bridgehead atoms. The molecule has 0 saturated heterocycles. The van der Waals surface area contributed by atoms with Gasteiger partial charge < -0.3 is 4.74 Å². The molecule has 0 aromatic rings. The lowest BCUT2D eigenvalue weighted by atomic mass is 10.1. The monoisotopic (exact) mass is 210 g/mol. The van der Waals surface area contributed by atoms with Crippen LogP contribution in [0.3, 0.4) is 0 Å². The van der Waals surface area contributed by atoms with Gasteiger partial charge in [0, 0.05) is 0 Å². The number of hydrogen-bond donors (Lipinski definition) is 0. The van der Waals surface area contributed by atoms with Gasteiger partial charge in [-0.25, -0.2) is 4.79 Å². The van der Waals surface area contributed by atoms with Crippen molar-refractivity contribution in [1.82, 2.24) is 0 Å². The van der Waals surface area contributed by atoms with Crippen molar-refractivity contribution in [3.63, 3.8) is 0 Å². The Morgan fingerprint density at radius 2 is 1.87 bits per heavy atom. The van der Waals surface area contributed by atoms with Gasteiger partial charge in [0.2, 0.25) is 0 Å². The first-order valence-corrected chi connectivity index (χ1v) is 5.69. The van der Waals surface area contributed by atoms with Crippen molar-refractivity contribution < 1.29 is 9.53 Å².